The van der Waals surface area contributed by atoms with Crippen LogP contribution in [0.25, 0.3) is 0 Å². The van der Waals surface area contributed by atoms with Gasteiger partial charge in [-0.3, -0.25) is 4.79 Å². The van der Waals surface area contributed by atoms with Crippen molar-refractivity contribution in [2.24, 2.45) is 0 Å². The maximum atomic E-state index is 12.1. The van der Waals surface area contributed by atoms with E-state index in [9.17, 15) is 4.79 Å². The molecule has 0 bridgehead atoms. The quantitative estimate of drug-likeness (QED) is 0.879. The lowest BCUT2D eigenvalue weighted by Crippen LogP contribution is -2.12. The van der Waals surface area contributed by atoms with Crippen LogP contribution < -0.4 is 5.32 Å². The number of rotatable bonds is 2. The summed E-state index contributed by atoms with van der Waals surface area (Å²) in [6, 6.07) is 13.3. The summed E-state index contributed by atoms with van der Waals surface area (Å²) in [6.07, 6.45) is 0. The van der Waals surface area contributed by atoms with Crippen LogP contribution >= 0.6 is 15.9 Å². The minimum atomic E-state index is -0.0926. The Balaban J connectivity index is 2.24. The number of aryl methyl sites for hydroxylation is 2. The van der Waals surface area contributed by atoms with Gasteiger partial charge in [-0.1, -0.05) is 29.8 Å². The third kappa shape index (κ3) is 2.79. The lowest BCUT2D eigenvalue weighted by atomic mass is 10.1. The van der Waals surface area contributed by atoms with E-state index < -0.39 is 0 Å². The Morgan fingerprint density at radius 1 is 1.11 bits per heavy atom. The Bertz CT molecular complexity index is 593. The van der Waals surface area contributed by atoms with E-state index in [0.717, 1.165) is 21.3 Å². The van der Waals surface area contributed by atoms with Gasteiger partial charge in [0.25, 0.3) is 5.91 Å². The second kappa shape index (κ2) is 5.36. The van der Waals surface area contributed by atoms with Crippen molar-refractivity contribution in [3.05, 3.63) is 63.6 Å². The third-order valence-electron chi connectivity index (χ3n) is 2.72. The molecule has 0 aromatic heterocycles. The van der Waals surface area contributed by atoms with Crippen molar-refractivity contribution in [3.8, 4) is 0 Å². The minimum Gasteiger partial charge on any atom is -0.321 e. The van der Waals surface area contributed by atoms with Gasteiger partial charge in [-0.25, -0.2) is 0 Å². The molecule has 1 N–H and O–H groups in total. The molecule has 0 radical (unpaired) electrons. The van der Waals surface area contributed by atoms with Gasteiger partial charge in [0.05, 0.1) is 5.69 Å². The number of hydrogen-bond acceptors (Lipinski definition) is 1. The highest BCUT2D eigenvalue weighted by Gasteiger charge is 2.09. The van der Waals surface area contributed by atoms with Crippen molar-refractivity contribution in [2.45, 2.75) is 13.8 Å². The van der Waals surface area contributed by atoms with E-state index in [0.29, 0.717) is 5.56 Å². The van der Waals surface area contributed by atoms with E-state index >= 15 is 0 Å². The molecule has 0 atom stereocenters. The van der Waals surface area contributed by atoms with Crippen LogP contribution in [0.4, 0.5) is 5.69 Å². The summed E-state index contributed by atoms with van der Waals surface area (Å²) in [6.45, 7) is 3.96. The highest BCUT2D eigenvalue weighted by atomic mass is 79.9. The molecule has 0 heterocycles. The van der Waals surface area contributed by atoms with Crippen LogP contribution in [-0.4, -0.2) is 5.91 Å². The Morgan fingerprint density at radius 3 is 2.56 bits per heavy atom. The number of anilines is 1. The van der Waals surface area contributed by atoms with Gasteiger partial charge in [0.15, 0.2) is 0 Å². The molecule has 2 aromatic carbocycles. The van der Waals surface area contributed by atoms with E-state index in [1.54, 1.807) is 0 Å². The monoisotopic (exact) mass is 303 g/mol. The summed E-state index contributed by atoms with van der Waals surface area (Å²) in [5.74, 6) is -0.0926. The average molecular weight is 304 g/mol. The SMILES string of the molecule is Cc1cccc(C(=O)Nc2cccc(C)c2Br)c1. The largest absolute Gasteiger partial charge is 0.321 e. The van der Waals surface area contributed by atoms with Crippen molar-refractivity contribution < 1.29 is 4.79 Å². The van der Waals surface area contributed by atoms with Crippen molar-refractivity contribution in [3.63, 3.8) is 0 Å². The molecular formula is C15H14BrNO. The first-order valence-electron chi connectivity index (χ1n) is 5.71. The first-order chi connectivity index (χ1) is 8.58. The summed E-state index contributed by atoms with van der Waals surface area (Å²) in [5, 5.41) is 2.91. The van der Waals surface area contributed by atoms with Crippen molar-refractivity contribution >= 4 is 27.5 Å². The van der Waals surface area contributed by atoms with Gasteiger partial charge < -0.3 is 5.32 Å². The molecule has 0 aliphatic carbocycles. The molecule has 0 unspecified atom stereocenters. The molecule has 18 heavy (non-hydrogen) atoms. The van der Waals surface area contributed by atoms with Crippen LogP contribution in [0.1, 0.15) is 21.5 Å². The summed E-state index contributed by atoms with van der Waals surface area (Å²) < 4.78 is 0.922. The lowest BCUT2D eigenvalue weighted by Gasteiger charge is -2.09. The first kappa shape index (κ1) is 12.8. The van der Waals surface area contributed by atoms with Crippen LogP contribution in [0.5, 0.6) is 0 Å². The predicted octanol–water partition coefficient (Wildman–Crippen LogP) is 4.32. The molecule has 0 saturated heterocycles. The van der Waals surface area contributed by atoms with Crippen molar-refractivity contribution in [1.82, 2.24) is 0 Å². The highest BCUT2D eigenvalue weighted by molar-refractivity contribution is 9.10. The molecule has 2 aromatic rings. The predicted molar refractivity (Wildman–Crippen MR) is 78.0 cm³/mol. The Hall–Kier alpha value is -1.61. The molecule has 0 spiro atoms. The third-order valence-corrected chi connectivity index (χ3v) is 3.77. The van der Waals surface area contributed by atoms with Crippen LogP contribution in [0.2, 0.25) is 0 Å². The smallest absolute Gasteiger partial charge is 0.255 e. The summed E-state index contributed by atoms with van der Waals surface area (Å²) in [7, 11) is 0. The van der Waals surface area contributed by atoms with Crippen LogP contribution in [0, 0.1) is 13.8 Å². The second-order valence-electron chi connectivity index (χ2n) is 4.26. The van der Waals surface area contributed by atoms with Gasteiger partial charge in [-0.2, -0.15) is 0 Å². The number of carbonyl (C=O) groups is 1. The zero-order chi connectivity index (χ0) is 13.1. The molecule has 3 heteroatoms. The lowest BCUT2D eigenvalue weighted by molar-refractivity contribution is 0.102. The van der Waals surface area contributed by atoms with E-state index in [-0.39, 0.29) is 5.91 Å². The Labute approximate surface area is 115 Å². The summed E-state index contributed by atoms with van der Waals surface area (Å²) >= 11 is 3.48. The van der Waals surface area contributed by atoms with E-state index in [2.05, 4.69) is 21.2 Å². The maximum Gasteiger partial charge on any atom is 0.255 e. The number of benzene rings is 2. The maximum absolute atomic E-state index is 12.1. The first-order valence-corrected chi connectivity index (χ1v) is 6.50. The molecule has 0 aliphatic rings. The minimum absolute atomic E-state index is 0.0926. The topological polar surface area (TPSA) is 29.1 Å². The van der Waals surface area contributed by atoms with Crippen molar-refractivity contribution in [2.75, 3.05) is 5.32 Å². The standard InChI is InChI=1S/C15H14BrNO/c1-10-5-3-7-12(9-10)15(18)17-13-8-4-6-11(2)14(13)16/h3-9H,1-2H3,(H,17,18). The van der Waals surface area contributed by atoms with E-state index in [1.165, 1.54) is 0 Å². The molecule has 2 rings (SSSR count). The number of amides is 1. The number of halogens is 1. The van der Waals surface area contributed by atoms with Gasteiger partial charge in [0.1, 0.15) is 0 Å². The van der Waals surface area contributed by atoms with Gasteiger partial charge >= 0.3 is 0 Å². The summed E-state index contributed by atoms with van der Waals surface area (Å²) in [5.41, 5.74) is 3.63. The fourth-order valence-corrected chi connectivity index (χ4v) is 2.09. The van der Waals surface area contributed by atoms with E-state index in [4.69, 9.17) is 0 Å². The highest BCUT2D eigenvalue weighted by Crippen LogP contribution is 2.26. The normalized spacial score (nSPS) is 10.2. The van der Waals surface area contributed by atoms with Gasteiger partial charge in [0.2, 0.25) is 0 Å². The summed E-state index contributed by atoms with van der Waals surface area (Å²) in [4.78, 5) is 12.1. The average Bonchev–Trinajstić information content (AvgIpc) is 2.35. The Morgan fingerprint density at radius 2 is 1.83 bits per heavy atom. The molecule has 0 aliphatic heterocycles. The number of nitrogens with one attached hydrogen (secondary N) is 1. The molecule has 2 nitrogen and oxygen atoms in total. The van der Waals surface area contributed by atoms with Crippen molar-refractivity contribution in [1.29, 1.82) is 0 Å². The van der Waals surface area contributed by atoms with Crippen LogP contribution in [0.3, 0.4) is 0 Å². The van der Waals surface area contributed by atoms with Gasteiger partial charge in [0, 0.05) is 10.0 Å². The van der Waals surface area contributed by atoms with Gasteiger partial charge in [-0.05, 0) is 53.5 Å². The Kier molecular flexibility index (Phi) is 3.82. The zero-order valence-electron chi connectivity index (χ0n) is 10.3. The van der Waals surface area contributed by atoms with Crippen LogP contribution in [-0.2, 0) is 0 Å². The van der Waals surface area contributed by atoms with Gasteiger partial charge in [-0.15, -0.1) is 0 Å². The number of carbonyl (C=O) groups excluding carboxylic acids is 1. The molecule has 0 fully saturated rings. The molecular weight excluding hydrogens is 290 g/mol. The second-order valence-corrected chi connectivity index (χ2v) is 5.05. The fourth-order valence-electron chi connectivity index (χ4n) is 1.72. The fraction of sp³-hybridized carbons (Fsp3) is 0.133. The molecule has 92 valence electrons. The zero-order valence-corrected chi connectivity index (χ0v) is 11.9. The number of hydrogen-bond donors (Lipinski definition) is 1. The van der Waals surface area contributed by atoms with Crippen LogP contribution in [0.15, 0.2) is 46.9 Å². The van der Waals surface area contributed by atoms with E-state index in [1.807, 2.05) is 56.3 Å². The molecule has 1 amide bonds. The molecule has 0 saturated carbocycles.